The van der Waals surface area contributed by atoms with Gasteiger partial charge in [0.05, 0.1) is 12.2 Å². The van der Waals surface area contributed by atoms with Gasteiger partial charge in [-0.1, -0.05) is 15.9 Å². The van der Waals surface area contributed by atoms with Crippen molar-refractivity contribution in [2.24, 2.45) is 7.05 Å². The van der Waals surface area contributed by atoms with Crippen LogP contribution in [0.25, 0.3) is 0 Å². The molecule has 1 atom stereocenters. The fourth-order valence-corrected chi connectivity index (χ4v) is 2.50. The van der Waals surface area contributed by atoms with E-state index in [0.717, 1.165) is 15.6 Å². The monoisotopic (exact) mass is 321 g/mol. The molecule has 0 radical (unpaired) electrons. The number of amides is 1. The van der Waals surface area contributed by atoms with Crippen molar-refractivity contribution in [3.63, 3.8) is 0 Å². The Kier molecular flexibility index (Phi) is 4.04. The summed E-state index contributed by atoms with van der Waals surface area (Å²) in [5, 5.41) is 7.07. The van der Waals surface area contributed by atoms with Crippen LogP contribution in [0.2, 0.25) is 0 Å². The lowest BCUT2D eigenvalue weighted by Gasteiger charge is -2.12. The Hall–Kier alpha value is -1.62. The average Bonchev–Trinajstić information content (AvgIpc) is 2.74. The van der Waals surface area contributed by atoms with Crippen molar-refractivity contribution in [1.82, 2.24) is 15.1 Å². The number of aromatic nitrogens is 2. The van der Waals surface area contributed by atoms with Crippen molar-refractivity contribution in [1.29, 1.82) is 0 Å². The van der Waals surface area contributed by atoms with Gasteiger partial charge >= 0.3 is 0 Å². The maximum atomic E-state index is 12.2. The minimum atomic E-state index is -0.0826. The fraction of sp³-hybridized carbons (Fsp3) is 0.286. The summed E-state index contributed by atoms with van der Waals surface area (Å²) in [5.41, 5.74) is 2.69. The highest BCUT2D eigenvalue weighted by molar-refractivity contribution is 9.10. The molecule has 0 fully saturated rings. The van der Waals surface area contributed by atoms with Crippen molar-refractivity contribution in [2.45, 2.75) is 19.9 Å². The van der Waals surface area contributed by atoms with E-state index >= 15 is 0 Å². The zero-order valence-electron chi connectivity index (χ0n) is 11.1. The first-order valence-corrected chi connectivity index (χ1v) is 6.81. The molecule has 1 unspecified atom stereocenters. The van der Waals surface area contributed by atoms with E-state index in [0.29, 0.717) is 5.56 Å². The molecular weight excluding hydrogens is 306 g/mol. The van der Waals surface area contributed by atoms with Gasteiger partial charge in [0.25, 0.3) is 5.91 Å². The first-order valence-electron chi connectivity index (χ1n) is 6.02. The molecule has 0 spiro atoms. The van der Waals surface area contributed by atoms with Crippen LogP contribution in [0.5, 0.6) is 0 Å². The predicted molar refractivity (Wildman–Crippen MR) is 78.0 cm³/mol. The first-order chi connectivity index (χ1) is 8.95. The Labute approximate surface area is 120 Å². The second kappa shape index (κ2) is 5.57. The molecule has 0 saturated heterocycles. The number of rotatable bonds is 3. The lowest BCUT2D eigenvalue weighted by molar-refractivity contribution is 0.0939. The number of benzene rings is 1. The topological polar surface area (TPSA) is 46.9 Å². The fourth-order valence-electron chi connectivity index (χ4n) is 1.89. The van der Waals surface area contributed by atoms with E-state index < -0.39 is 0 Å². The summed E-state index contributed by atoms with van der Waals surface area (Å²) in [5.74, 6) is -0.0826. The van der Waals surface area contributed by atoms with E-state index in [4.69, 9.17) is 0 Å². The van der Waals surface area contributed by atoms with Gasteiger partial charge in [-0.3, -0.25) is 9.48 Å². The van der Waals surface area contributed by atoms with Crippen molar-refractivity contribution in [3.8, 4) is 0 Å². The third-order valence-electron chi connectivity index (χ3n) is 2.88. The highest BCUT2D eigenvalue weighted by Crippen LogP contribution is 2.17. The van der Waals surface area contributed by atoms with E-state index in [1.54, 1.807) is 10.9 Å². The molecule has 0 aliphatic carbocycles. The number of aryl methyl sites for hydroxylation is 2. The quantitative estimate of drug-likeness (QED) is 0.944. The third-order valence-corrected chi connectivity index (χ3v) is 3.33. The van der Waals surface area contributed by atoms with Gasteiger partial charge in [-0.25, -0.2) is 0 Å². The van der Waals surface area contributed by atoms with Crippen molar-refractivity contribution in [3.05, 3.63) is 51.8 Å². The molecule has 2 rings (SSSR count). The number of carbonyl (C=O) groups excluding carboxylic acids is 1. The van der Waals surface area contributed by atoms with Crippen LogP contribution in [-0.2, 0) is 7.05 Å². The molecule has 0 saturated carbocycles. The second-order valence-electron chi connectivity index (χ2n) is 4.66. The van der Waals surface area contributed by atoms with Gasteiger partial charge in [-0.15, -0.1) is 0 Å². The Balaban J connectivity index is 2.12. The summed E-state index contributed by atoms with van der Waals surface area (Å²) >= 11 is 3.40. The maximum Gasteiger partial charge on any atom is 0.251 e. The molecule has 0 aliphatic heterocycles. The van der Waals surface area contributed by atoms with Crippen LogP contribution in [0.1, 0.15) is 34.5 Å². The van der Waals surface area contributed by atoms with Crippen LogP contribution in [0.4, 0.5) is 0 Å². The number of halogens is 1. The van der Waals surface area contributed by atoms with Gasteiger partial charge in [-0.05, 0) is 37.6 Å². The number of hydrogen-bond donors (Lipinski definition) is 1. The highest BCUT2D eigenvalue weighted by atomic mass is 79.9. The number of carbonyl (C=O) groups is 1. The summed E-state index contributed by atoms with van der Waals surface area (Å²) in [4.78, 5) is 12.2. The lowest BCUT2D eigenvalue weighted by atomic mass is 10.1. The summed E-state index contributed by atoms with van der Waals surface area (Å²) in [6.07, 6.45) is 3.66. The second-order valence-corrected chi connectivity index (χ2v) is 5.58. The molecule has 100 valence electrons. The van der Waals surface area contributed by atoms with Crippen LogP contribution in [-0.4, -0.2) is 15.7 Å². The van der Waals surface area contributed by atoms with Crippen LogP contribution < -0.4 is 5.32 Å². The van der Waals surface area contributed by atoms with E-state index in [9.17, 15) is 4.79 Å². The average molecular weight is 322 g/mol. The van der Waals surface area contributed by atoms with Crippen LogP contribution in [0.15, 0.2) is 35.1 Å². The predicted octanol–water partition coefficient (Wildman–Crippen LogP) is 2.98. The van der Waals surface area contributed by atoms with Crippen molar-refractivity contribution in [2.75, 3.05) is 0 Å². The van der Waals surface area contributed by atoms with Crippen LogP contribution >= 0.6 is 15.9 Å². The van der Waals surface area contributed by atoms with E-state index in [1.807, 2.05) is 45.3 Å². The largest absolute Gasteiger partial charge is 0.345 e. The number of nitrogens with one attached hydrogen (secondary N) is 1. The molecule has 1 aromatic carbocycles. The minimum Gasteiger partial charge on any atom is -0.345 e. The normalized spacial score (nSPS) is 12.2. The zero-order valence-corrected chi connectivity index (χ0v) is 12.7. The Morgan fingerprint density at radius 1 is 1.42 bits per heavy atom. The van der Waals surface area contributed by atoms with Gasteiger partial charge in [0.15, 0.2) is 0 Å². The Morgan fingerprint density at radius 2 is 2.16 bits per heavy atom. The van der Waals surface area contributed by atoms with Gasteiger partial charge in [0.2, 0.25) is 0 Å². The molecule has 0 aliphatic rings. The van der Waals surface area contributed by atoms with Gasteiger partial charge in [0.1, 0.15) is 0 Å². The lowest BCUT2D eigenvalue weighted by Crippen LogP contribution is -2.26. The van der Waals surface area contributed by atoms with Crippen molar-refractivity contribution >= 4 is 21.8 Å². The SMILES string of the molecule is Cc1cc(Br)cc(C(=O)NC(C)c2cnn(C)c2)c1. The standard InChI is InChI=1S/C14H16BrN3O/c1-9-4-11(6-13(15)5-9)14(19)17-10(2)12-7-16-18(3)8-12/h4-8,10H,1-3H3,(H,17,19). The molecular formula is C14H16BrN3O. The number of nitrogens with zero attached hydrogens (tertiary/aromatic N) is 2. The molecule has 2 aromatic rings. The smallest absolute Gasteiger partial charge is 0.251 e. The molecule has 1 aromatic heterocycles. The third kappa shape index (κ3) is 3.44. The highest BCUT2D eigenvalue weighted by Gasteiger charge is 2.13. The molecule has 4 nitrogen and oxygen atoms in total. The number of hydrogen-bond acceptors (Lipinski definition) is 2. The summed E-state index contributed by atoms with van der Waals surface area (Å²) in [7, 11) is 1.86. The Morgan fingerprint density at radius 3 is 2.74 bits per heavy atom. The zero-order chi connectivity index (χ0) is 14.0. The maximum absolute atomic E-state index is 12.2. The Bertz CT molecular complexity index is 586. The minimum absolute atomic E-state index is 0.0690. The van der Waals surface area contributed by atoms with Crippen molar-refractivity contribution < 1.29 is 4.79 Å². The molecule has 5 heteroatoms. The van der Waals surface area contributed by atoms with Gasteiger partial charge in [0, 0.05) is 28.8 Å². The molecule has 1 N–H and O–H groups in total. The summed E-state index contributed by atoms with van der Waals surface area (Å²) in [6.45, 7) is 3.91. The summed E-state index contributed by atoms with van der Waals surface area (Å²) in [6, 6.07) is 5.59. The van der Waals surface area contributed by atoms with E-state index in [1.165, 1.54) is 0 Å². The van der Waals surface area contributed by atoms with Gasteiger partial charge < -0.3 is 5.32 Å². The van der Waals surface area contributed by atoms with Crippen LogP contribution in [0, 0.1) is 6.92 Å². The first kappa shape index (κ1) is 13.8. The molecule has 1 amide bonds. The molecule has 19 heavy (non-hydrogen) atoms. The summed E-state index contributed by atoms with van der Waals surface area (Å²) < 4.78 is 2.63. The van der Waals surface area contributed by atoms with Crippen LogP contribution in [0.3, 0.4) is 0 Å². The van der Waals surface area contributed by atoms with Gasteiger partial charge in [-0.2, -0.15) is 5.10 Å². The molecule has 0 bridgehead atoms. The van der Waals surface area contributed by atoms with E-state index in [-0.39, 0.29) is 11.9 Å². The molecule has 1 heterocycles. The van der Waals surface area contributed by atoms with E-state index in [2.05, 4.69) is 26.3 Å².